The van der Waals surface area contributed by atoms with Gasteiger partial charge in [0.05, 0.1) is 25.4 Å². The van der Waals surface area contributed by atoms with E-state index in [1.807, 2.05) is 23.1 Å². The Morgan fingerprint density at radius 3 is 2.87 bits per heavy atom. The topological polar surface area (TPSA) is 83.5 Å². The molecule has 0 radical (unpaired) electrons. The van der Waals surface area contributed by atoms with Crippen molar-refractivity contribution < 1.29 is 9.53 Å². The third kappa shape index (κ3) is 5.33. The van der Waals surface area contributed by atoms with Gasteiger partial charge in [0.25, 0.3) is 0 Å². The van der Waals surface area contributed by atoms with E-state index in [2.05, 4.69) is 34.3 Å². The number of aromatic nitrogens is 3. The number of anilines is 2. The molecular formula is C21H30N6O2S. The lowest BCUT2D eigenvalue weighted by Gasteiger charge is -2.35. The van der Waals surface area contributed by atoms with Crippen molar-refractivity contribution in [3.05, 3.63) is 28.9 Å². The van der Waals surface area contributed by atoms with Crippen LogP contribution in [-0.2, 0) is 16.0 Å². The number of carbonyl (C=O) groups excluding carboxylic acids is 1. The third-order valence-corrected chi connectivity index (χ3v) is 6.74. The number of morpholine rings is 1. The van der Waals surface area contributed by atoms with E-state index in [-0.39, 0.29) is 12.0 Å². The number of nitrogens with one attached hydrogen (secondary N) is 1. The summed E-state index contributed by atoms with van der Waals surface area (Å²) in [6, 6.07) is 5.80. The highest BCUT2D eigenvalue weighted by Crippen LogP contribution is 2.25. The van der Waals surface area contributed by atoms with Gasteiger partial charge in [-0.3, -0.25) is 9.69 Å². The number of nitrogens with zero attached hydrogens (tertiary/aromatic N) is 5. The molecule has 8 nitrogen and oxygen atoms in total. The normalized spacial score (nSPS) is 21.0. The van der Waals surface area contributed by atoms with Gasteiger partial charge in [-0.2, -0.15) is 0 Å². The molecule has 2 saturated heterocycles. The highest BCUT2D eigenvalue weighted by atomic mass is 32.1. The fourth-order valence-electron chi connectivity index (χ4n) is 3.82. The predicted molar refractivity (Wildman–Crippen MR) is 117 cm³/mol. The van der Waals surface area contributed by atoms with Gasteiger partial charge in [-0.1, -0.05) is 31.3 Å². The molecule has 30 heavy (non-hydrogen) atoms. The first-order chi connectivity index (χ1) is 14.6. The largest absolute Gasteiger partial charge is 0.368 e. The van der Waals surface area contributed by atoms with Crippen LogP contribution in [0.4, 0.5) is 10.9 Å². The zero-order valence-electron chi connectivity index (χ0n) is 17.7. The molecule has 162 valence electrons. The Balaban J connectivity index is 1.36. The molecule has 0 saturated carbocycles. The molecule has 2 aromatic heterocycles. The van der Waals surface area contributed by atoms with E-state index < -0.39 is 0 Å². The van der Waals surface area contributed by atoms with E-state index in [9.17, 15) is 4.79 Å². The molecule has 2 aromatic rings. The number of carbonyl (C=O) groups is 1. The molecule has 0 bridgehead atoms. The Hall–Kier alpha value is -2.10. The first-order valence-corrected chi connectivity index (χ1v) is 11.6. The fraction of sp³-hybridized carbons (Fsp3) is 0.619. The van der Waals surface area contributed by atoms with Gasteiger partial charge in [0.2, 0.25) is 11.0 Å². The summed E-state index contributed by atoms with van der Waals surface area (Å²) in [5.74, 6) is 1.67. The first-order valence-electron chi connectivity index (χ1n) is 10.8. The SMILES string of the molecule is CCc1nnc(Nc2cccc([C@@H]3CN(C(=O)CN4CCC(C)CC4)CCO3)n2)s1. The molecule has 2 aliphatic heterocycles. The summed E-state index contributed by atoms with van der Waals surface area (Å²) >= 11 is 1.53. The quantitative estimate of drug-likeness (QED) is 0.754. The first kappa shape index (κ1) is 21.1. The Bertz CT molecular complexity index is 852. The average molecular weight is 431 g/mol. The van der Waals surface area contributed by atoms with E-state index in [1.54, 1.807) is 0 Å². The zero-order valence-corrected chi connectivity index (χ0v) is 18.5. The molecular weight excluding hydrogens is 400 g/mol. The van der Waals surface area contributed by atoms with Crippen LogP contribution < -0.4 is 5.32 Å². The molecule has 9 heteroatoms. The summed E-state index contributed by atoms with van der Waals surface area (Å²) in [6.45, 7) is 8.59. The van der Waals surface area contributed by atoms with E-state index >= 15 is 0 Å². The predicted octanol–water partition coefficient (Wildman–Crippen LogP) is 2.87. The highest BCUT2D eigenvalue weighted by molar-refractivity contribution is 7.15. The van der Waals surface area contributed by atoms with Crippen molar-refractivity contribution in [3.63, 3.8) is 0 Å². The average Bonchev–Trinajstić information content (AvgIpc) is 3.23. The van der Waals surface area contributed by atoms with Crippen molar-refractivity contribution in [2.24, 2.45) is 5.92 Å². The summed E-state index contributed by atoms with van der Waals surface area (Å²) in [4.78, 5) is 21.7. The summed E-state index contributed by atoms with van der Waals surface area (Å²) in [7, 11) is 0. The number of hydrogen-bond donors (Lipinski definition) is 1. The van der Waals surface area contributed by atoms with Crippen LogP contribution in [0.25, 0.3) is 0 Å². The molecule has 1 N–H and O–H groups in total. The summed E-state index contributed by atoms with van der Waals surface area (Å²) in [5, 5.41) is 13.2. The smallest absolute Gasteiger partial charge is 0.236 e. The monoisotopic (exact) mass is 430 g/mol. The number of ether oxygens (including phenoxy) is 1. The number of rotatable bonds is 6. The lowest BCUT2D eigenvalue weighted by atomic mass is 9.99. The number of aryl methyl sites for hydroxylation is 1. The minimum Gasteiger partial charge on any atom is -0.368 e. The second-order valence-corrected chi connectivity index (χ2v) is 9.15. The molecule has 4 heterocycles. The maximum atomic E-state index is 12.8. The zero-order chi connectivity index (χ0) is 20.9. The number of likely N-dealkylation sites (tertiary alicyclic amines) is 1. The van der Waals surface area contributed by atoms with Crippen molar-refractivity contribution in [2.75, 3.05) is 44.6 Å². The van der Waals surface area contributed by atoms with Crippen molar-refractivity contribution in [3.8, 4) is 0 Å². The molecule has 0 aromatic carbocycles. The number of hydrogen-bond acceptors (Lipinski definition) is 8. The van der Waals surface area contributed by atoms with Crippen LogP contribution in [0.15, 0.2) is 18.2 Å². The van der Waals surface area contributed by atoms with Crippen LogP contribution in [-0.4, -0.2) is 70.2 Å². The lowest BCUT2D eigenvalue weighted by Crippen LogP contribution is -2.48. The number of amides is 1. The molecule has 2 fully saturated rings. The summed E-state index contributed by atoms with van der Waals surface area (Å²) < 4.78 is 5.95. The summed E-state index contributed by atoms with van der Waals surface area (Å²) in [5.41, 5.74) is 0.824. The van der Waals surface area contributed by atoms with Crippen molar-refractivity contribution in [2.45, 2.75) is 39.2 Å². The van der Waals surface area contributed by atoms with Crippen LogP contribution in [0.1, 0.15) is 43.5 Å². The van der Waals surface area contributed by atoms with Crippen molar-refractivity contribution in [1.29, 1.82) is 0 Å². The van der Waals surface area contributed by atoms with E-state index in [0.717, 1.165) is 41.3 Å². The Kier molecular flexibility index (Phi) is 6.91. The van der Waals surface area contributed by atoms with Crippen LogP contribution in [0, 0.1) is 5.92 Å². The molecule has 0 aliphatic carbocycles. The molecule has 0 spiro atoms. The highest BCUT2D eigenvalue weighted by Gasteiger charge is 2.28. The van der Waals surface area contributed by atoms with Gasteiger partial charge in [-0.25, -0.2) is 4.98 Å². The van der Waals surface area contributed by atoms with Crippen molar-refractivity contribution >= 4 is 28.2 Å². The molecule has 1 atom stereocenters. The van der Waals surface area contributed by atoms with Gasteiger partial charge in [0.1, 0.15) is 16.9 Å². The van der Waals surface area contributed by atoms with Gasteiger partial charge >= 0.3 is 0 Å². The minimum absolute atomic E-state index is 0.188. The van der Waals surface area contributed by atoms with E-state index in [0.29, 0.717) is 32.1 Å². The van der Waals surface area contributed by atoms with E-state index in [1.165, 1.54) is 24.2 Å². The maximum absolute atomic E-state index is 12.8. The molecule has 0 unspecified atom stereocenters. The van der Waals surface area contributed by atoms with Crippen LogP contribution in [0.3, 0.4) is 0 Å². The van der Waals surface area contributed by atoms with E-state index in [4.69, 9.17) is 9.72 Å². The van der Waals surface area contributed by atoms with Crippen LogP contribution >= 0.6 is 11.3 Å². The molecule has 1 amide bonds. The van der Waals surface area contributed by atoms with Gasteiger partial charge in [-0.15, -0.1) is 10.2 Å². The number of piperidine rings is 1. The van der Waals surface area contributed by atoms with Gasteiger partial charge < -0.3 is 15.0 Å². The molecule has 2 aliphatic rings. The Labute approximate surface area is 181 Å². The fourth-order valence-corrected chi connectivity index (χ4v) is 4.51. The lowest BCUT2D eigenvalue weighted by molar-refractivity contribution is -0.140. The van der Waals surface area contributed by atoms with Crippen LogP contribution in [0.2, 0.25) is 0 Å². The summed E-state index contributed by atoms with van der Waals surface area (Å²) in [6.07, 6.45) is 3.00. The second-order valence-electron chi connectivity index (χ2n) is 8.09. The third-order valence-electron chi connectivity index (χ3n) is 5.76. The molecule has 4 rings (SSSR count). The van der Waals surface area contributed by atoms with Gasteiger partial charge in [0, 0.05) is 6.54 Å². The van der Waals surface area contributed by atoms with Crippen molar-refractivity contribution in [1.82, 2.24) is 25.0 Å². The van der Waals surface area contributed by atoms with Crippen LogP contribution in [0.5, 0.6) is 0 Å². The maximum Gasteiger partial charge on any atom is 0.236 e. The van der Waals surface area contributed by atoms with Gasteiger partial charge in [-0.05, 0) is 50.4 Å². The standard InChI is InChI=1S/C21H30N6O2S/c1-3-19-24-25-21(30-19)23-18-6-4-5-16(22-18)17-13-27(11-12-29-17)20(28)14-26-9-7-15(2)8-10-26/h4-6,15,17H,3,7-14H2,1-2H3,(H,22,23,25)/t17-/m0/s1. The van der Waals surface area contributed by atoms with Gasteiger partial charge in [0.15, 0.2) is 0 Å². The Morgan fingerprint density at radius 1 is 1.27 bits per heavy atom. The second kappa shape index (κ2) is 9.80. The number of pyridine rings is 1. The minimum atomic E-state index is -0.216. The Morgan fingerprint density at radius 2 is 2.10 bits per heavy atom.